The zero-order valence-corrected chi connectivity index (χ0v) is 28.8. The molecule has 244 valence electrons. The Morgan fingerprint density at radius 1 is 0.519 bits per heavy atom. The highest BCUT2D eigenvalue weighted by Crippen LogP contribution is 2.43. The summed E-state index contributed by atoms with van der Waals surface area (Å²) in [4.78, 5) is 5.47. The Hall–Kier alpha value is -6.49. The van der Waals surface area contributed by atoms with Gasteiger partial charge in [-0.05, 0) is 62.0 Å². The first-order chi connectivity index (χ1) is 25.8. The van der Waals surface area contributed by atoms with E-state index in [0.29, 0.717) is 0 Å². The molecule has 1 aliphatic heterocycles. The number of nitrogens with one attached hydrogen (secondary N) is 1. The molecule has 2 aromatic heterocycles. The van der Waals surface area contributed by atoms with Crippen LogP contribution in [-0.4, -0.2) is 0 Å². The summed E-state index contributed by atoms with van der Waals surface area (Å²) in [7, 11) is 0. The minimum atomic E-state index is -0.316. The van der Waals surface area contributed by atoms with Gasteiger partial charge in [0.15, 0.2) is 0 Å². The number of thiophene rings is 1. The van der Waals surface area contributed by atoms with E-state index in [9.17, 15) is 0 Å². The molecule has 0 radical (unpaired) electrons. The number of hydrogen-bond acceptors (Lipinski definition) is 4. The summed E-state index contributed by atoms with van der Waals surface area (Å²) in [5.41, 5.74) is 9.75. The van der Waals surface area contributed by atoms with Crippen molar-refractivity contribution in [1.29, 1.82) is 0 Å². The molecule has 0 saturated carbocycles. The smallest absolute Gasteiger partial charge is 0.146 e. The van der Waals surface area contributed by atoms with Crippen molar-refractivity contribution in [3.63, 3.8) is 0 Å². The van der Waals surface area contributed by atoms with Gasteiger partial charge < -0.3 is 9.73 Å². The topological polar surface area (TPSA) is 37.5 Å². The normalized spacial score (nSPS) is 14.2. The van der Waals surface area contributed by atoms with Crippen molar-refractivity contribution in [3.8, 4) is 22.3 Å². The van der Waals surface area contributed by atoms with Gasteiger partial charge in [0.2, 0.25) is 0 Å². The van der Waals surface area contributed by atoms with Crippen molar-refractivity contribution in [2.24, 2.45) is 4.99 Å². The Bertz CT molecular complexity index is 3160. The summed E-state index contributed by atoms with van der Waals surface area (Å²) in [5, 5.41) is 13.3. The molecule has 10 aromatic rings. The van der Waals surface area contributed by atoms with E-state index in [-0.39, 0.29) is 6.17 Å². The Balaban J connectivity index is 1.11. The molecule has 52 heavy (non-hydrogen) atoms. The lowest BCUT2D eigenvalue weighted by Crippen LogP contribution is -2.37. The van der Waals surface area contributed by atoms with Gasteiger partial charge in [-0.1, -0.05) is 152 Å². The van der Waals surface area contributed by atoms with Crippen LogP contribution in [0.4, 0.5) is 0 Å². The molecular weight excluding hydrogens is 653 g/mol. The van der Waals surface area contributed by atoms with Crippen LogP contribution in [0, 0.1) is 0 Å². The minimum Gasteiger partial charge on any atom is -0.455 e. The predicted molar refractivity (Wildman–Crippen MR) is 217 cm³/mol. The monoisotopic (exact) mass is 682 g/mol. The zero-order chi connectivity index (χ0) is 34.2. The van der Waals surface area contributed by atoms with Crippen molar-refractivity contribution in [3.05, 3.63) is 191 Å². The van der Waals surface area contributed by atoms with Gasteiger partial charge in [-0.2, -0.15) is 0 Å². The maximum atomic E-state index is 6.85. The Kier molecular flexibility index (Phi) is 6.48. The summed E-state index contributed by atoms with van der Waals surface area (Å²) in [6.07, 6.45) is -0.316. The lowest BCUT2D eigenvalue weighted by atomic mass is 9.92. The third kappa shape index (κ3) is 4.48. The summed E-state index contributed by atoms with van der Waals surface area (Å²) < 4.78 is 9.25. The SMILES string of the molecule is c1ccc(-c2ccc(C3=c4sc5ccccc5c4=NC(c4cccc5oc6c(-c7cc8ccccc8c8ccccc78)cccc6c45)N3)cc2)cc1. The number of hydrogen-bond donors (Lipinski definition) is 1. The summed E-state index contributed by atoms with van der Waals surface area (Å²) in [5.74, 6) is 0. The van der Waals surface area contributed by atoms with E-state index in [4.69, 9.17) is 9.41 Å². The highest BCUT2D eigenvalue weighted by atomic mass is 32.1. The van der Waals surface area contributed by atoms with E-state index < -0.39 is 0 Å². The highest BCUT2D eigenvalue weighted by Gasteiger charge is 2.25. The summed E-state index contributed by atoms with van der Waals surface area (Å²) in [6.45, 7) is 0. The molecule has 1 N–H and O–H groups in total. The molecule has 0 bridgehead atoms. The third-order valence-electron chi connectivity index (χ3n) is 10.5. The lowest BCUT2D eigenvalue weighted by molar-refractivity contribution is 0.640. The van der Waals surface area contributed by atoms with Crippen LogP contribution in [0.1, 0.15) is 17.3 Å². The van der Waals surface area contributed by atoms with Gasteiger partial charge in [-0.3, -0.25) is 4.99 Å². The minimum absolute atomic E-state index is 0.316. The Morgan fingerprint density at radius 3 is 2.06 bits per heavy atom. The number of rotatable bonds is 4. The van der Waals surface area contributed by atoms with Crippen molar-refractivity contribution >= 4 is 70.6 Å². The molecule has 1 unspecified atom stereocenters. The number of nitrogens with zero attached hydrogens (tertiary/aromatic N) is 1. The zero-order valence-electron chi connectivity index (χ0n) is 28.0. The Morgan fingerprint density at radius 2 is 1.19 bits per heavy atom. The van der Waals surface area contributed by atoms with Crippen LogP contribution in [0.2, 0.25) is 0 Å². The molecule has 0 saturated heterocycles. The van der Waals surface area contributed by atoms with Crippen molar-refractivity contribution in [2.75, 3.05) is 0 Å². The first kappa shape index (κ1) is 29.3. The maximum Gasteiger partial charge on any atom is 0.146 e. The molecule has 0 amide bonds. The van der Waals surface area contributed by atoms with Crippen molar-refractivity contribution in [1.82, 2.24) is 5.32 Å². The van der Waals surface area contributed by atoms with Gasteiger partial charge in [0.25, 0.3) is 0 Å². The van der Waals surface area contributed by atoms with Gasteiger partial charge >= 0.3 is 0 Å². The van der Waals surface area contributed by atoms with Crippen LogP contribution in [0.15, 0.2) is 179 Å². The fourth-order valence-corrected chi connectivity index (χ4v) is 9.29. The first-order valence-electron chi connectivity index (χ1n) is 17.7. The number of furan rings is 1. The van der Waals surface area contributed by atoms with Crippen molar-refractivity contribution in [2.45, 2.75) is 6.17 Å². The van der Waals surface area contributed by atoms with Crippen LogP contribution in [0.3, 0.4) is 0 Å². The van der Waals surface area contributed by atoms with Crippen LogP contribution in [0.25, 0.3) is 81.5 Å². The second kappa shape index (κ2) is 11.5. The highest BCUT2D eigenvalue weighted by molar-refractivity contribution is 7.17. The predicted octanol–water partition coefficient (Wildman–Crippen LogP) is 11.5. The quantitative estimate of drug-likeness (QED) is 0.188. The van der Waals surface area contributed by atoms with Gasteiger partial charge in [0.1, 0.15) is 17.3 Å². The summed E-state index contributed by atoms with van der Waals surface area (Å²) >= 11 is 1.80. The standard InChI is InChI=1S/C48H30N2OS/c1-2-12-29(13-3-1)30-24-26-31(27-25-30)44-47-45(37-18-8-9-23-42(37)52-47)50-48(49-44)39-21-11-22-41-43(39)38-20-10-19-36(46(38)51-41)40-28-32-14-4-5-15-33(32)34-16-6-7-17-35(34)40/h1-28,48-49H. The molecule has 3 heterocycles. The second-order valence-corrected chi connectivity index (χ2v) is 14.5. The molecule has 11 rings (SSSR count). The Labute approximate surface area is 303 Å². The maximum absolute atomic E-state index is 6.85. The second-order valence-electron chi connectivity index (χ2n) is 13.5. The van der Waals surface area contributed by atoms with E-state index in [1.807, 2.05) is 0 Å². The van der Waals surface area contributed by atoms with Crippen molar-refractivity contribution < 1.29 is 4.42 Å². The van der Waals surface area contributed by atoms with E-state index in [0.717, 1.165) is 49.7 Å². The summed E-state index contributed by atoms with van der Waals surface area (Å²) in [6, 6.07) is 60.6. The molecule has 8 aromatic carbocycles. The van der Waals surface area contributed by atoms with Gasteiger partial charge in [0.05, 0.1) is 15.6 Å². The van der Waals surface area contributed by atoms with Crippen LogP contribution < -0.4 is 15.2 Å². The van der Waals surface area contributed by atoms with E-state index >= 15 is 0 Å². The molecule has 4 heteroatoms. The van der Waals surface area contributed by atoms with Gasteiger partial charge in [-0.15, -0.1) is 11.3 Å². The fourth-order valence-electron chi connectivity index (χ4n) is 8.11. The molecule has 0 fully saturated rings. The third-order valence-corrected chi connectivity index (χ3v) is 11.7. The molecule has 1 atom stereocenters. The van der Waals surface area contributed by atoms with E-state index in [1.165, 1.54) is 52.9 Å². The lowest BCUT2D eigenvalue weighted by Gasteiger charge is -2.22. The molecular formula is C48H30N2OS. The average molecular weight is 683 g/mol. The van der Waals surface area contributed by atoms with Crippen LogP contribution in [-0.2, 0) is 0 Å². The van der Waals surface area contributed by atoms with Gasteiger partial charge in [0, 0.05) is 32.0 Å². The molecule has 1 aliphatic rings. The molecule has 3 nitrogen and oxygen atoms in total. The molecule has 0 aliphatic carbocycles. The van der Waals surface area contributed by atoms with Crippen LogP contribution >= 0.6 is 11.3 Å². The molecule has 0 spiro atoms. The number of fused-ring (bicyclic) bond motifs is 9. The fraction of sp³-hybridized carbons (Fsp3) is 0.0208. The van der Waals surface area contributed by atoms with Crippen LogP contribution in [0.5, 0.6) is 0 Å². The largest absolute Gasteiger partial charge is 0.455 e. The average Bonchev–Trinajstić information content (AvgIpc) is 3.79. The first-order valence-corrected chi connectivity index (χ1v) is 18.5. The van der Waals surface area contributed by atoms with E-state index in [2.05, 4.69) is 175 Å². The number of para-hydroxylation sites is 1. The van der Waals surface area contributed by atoms with Gasteiger partial charge in [-0.25, -0.2) is 0 Å². The number of benzene rings is 8. The van der Waals surface area contributed by atoms with E-state index in [1.54, 1.807) is 11.3 Å².